The summed E-state index contributed by atoms with van der Waals surface area (Å²) in [5.41, 5.74) is 1.17. The van der Waals surface area contributed by atoms with E-state index in [1.165, 1.54) is 24.3 Å². The van der Waals surface area contributed by atoms with Crippen LogP contribution in [0, 0.1) is 34.3 Å². The first-order chi connectivity index (χ1) is 18.8. The second kappa shape index (κ2) is 10.2. The van der Waals surface area contributed by atoms with Crippen molar-refractivity contribution in [1.29, 1.82) is 0 Å². The highest BCUT2D eigenvalue weighted by Gasteiger charge is 2.68. The number of carboxylic acids is 1. The third kappa shape index (κ3) is 4.45. The first-order valence-electron chi connectivity index (χ1n) is 12.5. The number of hydrogen-bond donors (Lipinski definition) is 2. The molecule has 3 aromatic carbocycles. The Morgan fingerprint density at radius 2 is 1.64 bits per heavy atom. The molecule has 4 unspecified atom stereocenters. The number of rotatable bonds is 8. The van der Waals surface area contributed by atoms with Crippen LogP contribution in [0.3, 0.4) is 0 Å². The molecule has 5 rings (SSSR count). The summed E-state index contributed by atoms with van der Waals surface area (Å²) in [7, 11) is 0. The number of terminal acetylenes is 1. The smallest absolute Gasteiger partial charge is 0.325 e. The number of nitrogens with one attached hydrogen (secondary N) is 1. The van der Waals surface area contributed by atoms with Gasteiger partial charge in [-0.2, -0.15) is 0 Å². The van der Waals surface area contributed by atoms with Gasteiger partial charge in [-0.1, -0.05) is 66.7 Å². The number of fused-ring (bicyclic) bond motifs is 1. The fraction of sp³-hybridized carbons (Fsp3) is 0.233. The van der Waals surface area contributed by atoms with Gasteiger partial charge >= 0.3 is 5.97 Å². The first kappa shape index (κ1) is 25.8. The molecule has 2 N–H and O–H groups in total. The van der Waals surface area contributed by atoms with Crippen molar-refractivity contribution in [3.8, 4) is 23.5 Å². The first-order valence-corrected chi connectivity index (χ1v) is 12.5. The lowest BCUT2D eigenvalue weighted by Crippen LogP contribution is -2.57. The van der Waals surface area contributed by atoms with E-state index in [1.807, 2.05) is 54.6 Å². The maximum Gasteiger partial charge on any atom is 0.325 e. The van der Waals surface area contributed by atoms with Crippen LogP contribution >= 0.6 is 0 Å². The van der Waals surface area contributed by atoms with E-state index in [1.54, 1.807) is 0 Å². The molecule has 9 heteroatoms. The second-order valence-electron chi connectivity index (χ2n) is 9.77. The molecule has 2 aliphatic heterocycles. The number of aliphatic carboxylic acids is 1. The van der Waals surface area contributed by atoms with Crippen LogP contribution in [-0.2, 0) is 20.8 Å². The molecule has 9 nitrogen and oxygen atoms in total. The summed E-state index contributed by atoms with van der Waals surface area (Å²) in [4.78, 5) is 51.8. The molecule has 2 aliphatic rings. The second-order valence-corrected chi connectivity index (χ2v) is 9.77. The number of carboxylic acid groups (broad SMARTS) is 1. The van der Waals surface area contributed by atoms with Crippen molar-refractivity contribution < 1.29 is 24.4 Å². The maximum absolute atomic E-state index is 13.6. The van der Waals surface area contributed by atoms with Crippen LogP contribution in [0.1, 0.15) is 23.6 Å². The van der Waals surface area contributed by atoms with Crippen molar-refractivity contribution in [2.75, 3.05) is 6.54 Å². The Balaban J connectivity index is 1.56. The Labute approximate surface area is 224 Å². The molecule has 0 saturated carbocycles. The molecule has 0 aromatic heterocycles. The molecule has 2 fully saturated rings. The number of amides is 2. The minimum atomic E-state index is -1.82. The third-order valence-corrected chi connectivity index (χ3v) is 7.61. The highest BCUT2D eigenvalue weighted by Crippen LogP contribution is 2.50. The molecular formula is C30H25N3O6. The molecule has 0 spiro atoms. The third-order valence-electron chi connectivity index (χ3n) is 7.61. The molecule has 196 valence electrons. The van der Waals surface area contributed by atoms with Crippen molar-refractivity contribution in [2.45, 2.75) is 24.4 Å². The summed E-state index contributed by atoms with van der Waals surface area (Å²) in [5, 5.41) is 24.8. The topological polar surface area (TPSA) is 130 Å². The number of nitro groups is 1. The van der Waals surface area contributed by atoms with Gasteiger partial charge in [0.1, 0.15) is 5.54 Å². The summed E-state index contributed by atoms with van der Waals surface area (Å²) in [6, 6.07) is 22.0. The number of nitro benzene ring substituents is 1. The van der Waals surface area contributed by atoms with Crippen LogP contribution in [0.2, 0.25) is 0 Å². The molecule has 0 bridgehead atoms. The highest BCUT2D eigenvalue weighted by molar-refractivity contribution is 6.09. The Morgan fingerprint density at radius 3 is 2.23 bits per heavy atom. The molecule has 4 atom stereocenters. The highest BCUT2D eigenvalue weighted by atomic mass is 16.6. The normalized spacial score (nSPS) is 23.9. The van der Waals surface area contributed by atoms with Gasteiger partial charge in [0.2, 0.25) is 11.8 Å². The van der Waals surface area contributed by atoms with E-state index in [4.69, 9.17) is 6.42 Å². The SMILES string of the molecule is C#CCCN1C(=O)C2C(c3ccc(-c4ccccc4)cc3)NC(Cc3ccc([N+](=O)[O-])cc3)(C(=O)O)C2C1=O. The molecular weight excluding hydrogens is 498 g/mol. The molecule has 0 aliphatic carbocycles. The lowest BCUT2D eigenvalue weighted by atomic mass is 9.76. The van der Waals surface area contributed by atoms with Gasteiger partial charge in [-0.05, 0) is 22.3 Å². The predicted molar refractivity (Wildman–Crippen MR) is 142 cm³/mol. The van der Waals surface area contributed by atoms with Crippen LogP contribution in [-0.4, -0.2) is 44.8 Å². The Morgan fingerprint density at radius 1 is 1.00 bits per heavy atom. The number of carbonyl (C=O) groups excluding carboxylic acids is 2. The summed E-state index contributed by atoms with van der Waals surface area (Å²) in [5.74, 6) is -2.03. The average Bonchev–Trinajstić information content (AvgIpc) is 3.42. The number of non-ortho nitro benzene ring substituents is 1. The van der Waals surface area contributed by atoms with Gasteiger partial charge in [-0.3, -0.25) is 34.7 Å². The van der Waals surface area contributed by atoms with E-state index in [-0.39, 0.29) is 25.1 Å². The molecule has 0 radical (unpaired) electrons. The number of hydrogen-bond acceptors (Lipinski definition) is 6. The Hall–Kier alpha value is -4.81. The molecule has 2 saturated heterocycles. The molecule has 2 amide bonds. The van der Waals surface area contributed by atoms with Gasteiger partial charge in [-0.15, -0.1) is 12.3 Å². The Bertz CT molecular complexity index is 1480. The maximum atomic E-state index is 13.6. The van der Waals surface area contributed by atoms with Gasteiger partial charge in [0, 0.05) is 37.6 Å². The molecule has 2 heterocycles. The van der Waals surface area contributed by atoms with E-state index in [9.17, 15) is 29.6 Å². The van der Waals surface area contributed by atoms with Crippen molar-refractivity contribution in [3.05, 3.63) is 100 Å². The number of nitrogens with zero attached hydrogens (tertiary/aromatic N) is 2. The summed E-state index contributed by atoms with van der Waals surface area (Å²) < 4.78 is 0. The van der Waals surface area contributed by atoms with Gasteiger partial charge in [0.05, 0.1) is 16.8 Å². The van der Waals surface area contributed by atoms with Gasteiger partial charge in [0.15, 0.2) is 0 Å². The van der Waals surface area contributed by atoms with Crippen molar-refractivity contribution >= 4 is 23.5 Å². The zero-order chi connectivity index (χ0) is 27.7. The number of benzene rings is 3. The fourth-order valence-electron chi connectivity index (χ4n) is 5.75. The zero-order valence-electron chi connectivity index (χ0n) is 20.8. The van der Waals surface area contributed by atoms with Crippen LogP contribution in [0.25, 0.3) is 11.1 Å². The predicted octanol–water partition coefficient (Wildman–Crippen LogP) is 3.60. The quantitative estimate of drug-likeness (QED) is 0.200. The monoisotopic (exact) mass is 523 g/mol. The fourth-order valence-corrected chi connectivity index (χ4v) is 5.75. The van der Waals surface area contributed by atoms with Crippen LogP contribution < -0.4 is 5.32 Å². The average molecular weight is 524 g/mol. The number of carbonyl (C=O) groups is 3. The van der Waals surface area contributed by atoms with Crippen LogP contribution in [0.15, 0.2) is 78.9 Å². The lowest BCUT2D eigenvalue weighted by molar-refractivity contribution is -0.384. The van der Waals surface area contributed by atoms with Crippen molar-refractivity contribution in [2.24, 2.45) is 11.8 Å². The number of likely N-dealkylation sites (tertiary alicyclic amines) is 1. The van der Waals surface area contributed by atoms with Gasteiger partial charge < -0.3 is 5.11 Å². The van der Waals surface area contributed by atoms with E-state index in [0.29, 0.717) is 11.1 Å². The van der Waals surface area contributed by atoms with Gasteiger partial charge in [-0.25, -0.2) is 0 Å². The standard InChI is InChI=1S/C30H25N3O6/c1-2-3-17-32-27(34)24-25(28(32)35)30(29(36)37,18-19-9-15-23(16-10-19)33(38)39)31-26(24)22-13-11-21(12-14-22)20-7-5-4-6-8-20/h1,4-16,24-26,31H,3,17-18H2,(H,36,37). The van der Waals surface area contributed by atoms with E-state index in [2.05, 4.69) is 11.2 Å². The largest absolute Gasteiger partial charge is 0.480 e. The minimum Gasteiger partial charge on any atom is -0.480 e. The van der Waals surface area contributed by atoms with Crippen molar-refractivity contribution in [3.63, 3.8) is 0 Å². The van der Waals surface area contributed by atoms with Crippen LogP contribution in [0.4, 0.5) is 5.69 Å². The van der Waals surface area contributed by atoms with Crippen LogP contribution in [0.5, 0.6) is 0 Å². The zero-order valence-corrected chi connectivity index (χ0v) is 20.8. The number of imide groups is 1. The van der Waals surface area contributed by atoms with E-state index >= 15 is 0 Å². The molecule has 3 aromatic rings. The summed E-state index contributed by atoms with van der Waals surface area (Å²) in [6.07, 6.45) is 5.38. The van der Waals surface area contributed by atoms with E-state index in [0.717, 1.165) is 16.0 Å². The summed E-state index contributed by atoms with van der Waals surface area (Å²) >= 11 is 0. The summed E-state index contributed by atoms with van der Waals surface area (Å²) in [6.45, 7) is 0.00800. The van der Waals surface area contributed by atoms with E-state index < -0.39 is 46.1 Å². The van der Waals surface area contributed by atoms with Crippen molar-refractivity contribution in [1.82, 2.24) is 10.2 Å². The van der Waals surface area contributed by atoms with Gasteiger partial charge in [0.25, 0.3) is 5.69 Å². The minimum absolute atomic E-state index is 0.00800. The molecule has 39 heavy (non-hydrogen) atoms. The lowest BCUT2D eigenvalue weighted by Gasteiger charge is -2.31. The Kier molecular flexibility index (Phi) is 6.73.